The molecule has 2 aromatic carbocycles. The van der Waals surface area contributed by atoms with Gasteiger partial charge in [-0.05, 0) is 56.0 Å². The Morgan fingerprint density at radius 3 is 2.85 bits per heavy atom. The van der Waals surface area contributed by atoms with Crippen LogP contribution in [0, 0.1) is 6.92 Å². The molecule has 0 aliphatic carbocycles. The third kappa shape index (κ3) is 7.04. The molecule has 1 atom stereocenters. The number of halogens is 1. The number of fused-ring (bicyclic) bond motifs is 1. The SMILES string of the molecule is CCNC(=NCc1ccc(C)cc1OCC1CCCO1)NCc1ccnc2ccccc12.I. The van der Waals surface area contributed by atoms with Crippen LogP contribution in [0.3, 0.4) is 0 Å². The summed E-state index contributed by atoms with van der Waals surface area (Å²) in [5, 5.41) is 7.95. The number of aromatic nitrogens is 1. The van der Waals surface area contributed by atoms with Gasteiger partial charge in [0, 0.05) is 36.8 Å². The first kappa shape index (κ1) is 25.2. The Bertz CT molecular complexity index is 1060. The van der Waals surface area contributed by atoms with E-state index >= 15 is 0 Å². The highest BCUT2D eigenvalue weighted by atomic mass is 127. The average Bonchev–Trinajstić information content (AvgIpc) is 3.34. The smallest absolute Gasteiger partial charge is 0.191 e. The monoisotopic (exact) mass is 560 g/mol. The molecule has 1 aliphatic heterocycles. The van der Waals surface area contributed by atoms with Gasteiger partial charge in [0.25, 0.3) is 0 Å². The standard InChI is InChI=1S/C26H32N4O2.HI/c1-3-27-26(29-16-20-12-13-28-24-9-5-4-8-23(20)24)30-17-21-11-10-19(2)15-25(21)32-18-22-7-6-14-31-22;/h4-5,8-13,15,22H,3,6-7,14,16-18H2,1-2H3,(H2,27,29,30);1H. The van der Waals surface area contributed by atoms with Crippen LogP contribution in [0.4, 0.5) is 0 Å². The second-order valence-corrected chi connectivity index (χ2v) is 8.09. The number of ether oxygens (including phenoxy) is 2. The lowest BCUT2D eigenvalue weighted by atomic mass is 10.1. The fraction of sp³-hybridized carbons (Fsp3) is 0.385. The third-order valence-electron chi connectivity index (χ3n) is 5.61. The minimum atomic E-state index is 0. The first-order chi connectivity index (χ1) is 15.7. The fourth-order valence-electron chi connectivity index (χ4n) is 3.88. The van der Waals surface area contributed by atoms with Crippen molar-refractivity contribution in [3.8, 4) is 5.75 Å². The van der Waals surface area contributed by atoms with E-state index in [1.165, 1.54) is 11.1 Å². The molecule has 4 rings (SSSR count). The van der Waals surface area contributed by atoms with Crippen molar-refractivity contribution in [3.63, 3.8) is 0 Å². The van der Waals surface area contributed by atoms with Crippen LogP contribution in [0.25, 0.3) is 10.9 Å². The summed E-state index contributed by atoms with van der Waals surface area (Å²) < 4.78 is 11.8. The van der Waals surface area contributed by atoms with Gasteiger partial charge in [0.15, 0.2) is 5.96 Å². The van der Waals surface area contributed by atoms with Crippen molar-refractivity contribution in [1.29, 1.82) is 0 Å². The summed E-state index contributed by atoms with van der Waals surface area (Å²) in [5.74, 6) is 1.67. The van der Waals surface area contributed by atoms with Crippen molar-refractivity contribution in [1.82, 2.24) is 15.6 Å². The van der Waals surface area contributed by atoms with E-state index in [2.05, 4.69) is 59.8 Å². The molecule has 1 aliphatic rings. The Hall–Kier alpha value is -2.39. The number of aliphatic imine (C=N–C) groups is 1. The number of rotatable bonds is 8. The van der Waals surface area contributed by atoms with Gasteiger partial charge in [-0.2, -0.15) is 0 Å². The summed E-state index contributed by atoms with van der Waals surface area (Å²) in [5.41, 5.74) is 4.44. The Labute approximate surface area is 213 Å². The molecule has 0 spiro atoms. The van der Waals surface area contributed by atoms with E-state index in [1.54, 1.807) is 0 Å². The van der Waals surface area contributed by atoms with Crippen molar-refractivity contribution in [2.24, 2.45) is 4.99 Å². The van der Waals surface area contributed by atoms with Gasteiger partial charge in [0.1, 0.15) is 12.4 Å². The van der Waals surface area contributed by atoms with Crippen LogP contribution < -0.4 is 15.4 Å². The lowest BCUT2D eigenvalue weighted by molar-refractivity contribution is 0.0676. The maximum Gasteiger partial charge on any atom is 0.191 e. The molecule has 1 fully saturated rings. The molecular weight excluding hydrogens is 527 g/mol. The Kier molecular flexibility index (Phi) is 9.75. The summed E-state index contributed by atoms with van der Waals surface area (Å²) in [6, 6.07) is 16.5. The molecule has 2 N–H and O–H groups in total. The van der Waals surface area contributed by atoms with E-state index < -0.39 is 0 Å². The normalized spacial score (nSPS) is 15.8. The second kappa shape index (κ2) is 12.7. The number of benzene rings is 2. The quantitative estimate of drug-likeness (QED) is 0.231. The molecule has 0 amide bonds. The van der Waals surface area contributed by atoms with E-state index in [9.17, 15) is 0 Å². The number of hydrogen-bond donors (Lipinski definition) is 2. The highest BCUT2D eigenvalue weighted by molar-refractivity contribution is 14.0. The predicted molar refractivity (Wildman–Crippen MR) is 144 cm³/mol. The number of nitrogens with zero attached hydrogens (tertiary/aromatic N) is 2. The van der Waals surface area contributed by atoms with Crippen LogP contribution >= 0.6 is 24.0 Å². The largest absolute Gasteiger partial charge is 0.491 e. The Morgan fingerprint density at radius 2 is 2.03 bits per heavy atom. The van der Waals surface area contributed by atoms with Crippen LogP contribution in [0.1, 0.15) is 36.5 Å². The van der Waals surface area contributed by atoms with E-state index in [0.717, 1.165) is 54.2 Å². The molecule has 33 heavy (non-hydrogen) atoms. The van der Waals surface area contributed by atoms with Crippen molar-refractivity contribution in [2.45, 2.75) is 45.9 Å². The van der Waals surface area contributed by atoms with Crippen LogP contribution in [-0.4, -0.2) is 36.8 Å². The molecule has 7 heteroatoms. The highest BCUT2D eigenvalue weighted by Gasteiger charge is 2.17. The number of guanidine groups is 1. The van der Waals surface area contributed by atoms with Gasteiger partial charge in [-0.3, -0.25) is 4.98 Å². The highest BCUT2D eigenvalue weighted by Crippen LogP contribution is 2.23. The third-order valence-corrected chi connectivity index (χ3v) is 5.61. The lowest BCUT2D eigenvalue weighted by Crippen LogP contribution is -2.36. The topological polar surface area (TPSA) is 67.8 Å². The lowest BCUT2D eigenvalue weighted by Gasteiger charge is -2.16. The molecular formula is C26H33IN4O2. The Morgan fingerprint density at radius 1 is 1.15 bits per heavy atom. The zero-order chi connectivity index (χ0) is 22.2. The molecule has 1 aromatic heterocycles. The van der Waals surface area contributed by atoms with E-state index in [1.807, 2.05) is 24.4 Å². The number of hydrogen-bond acceptors (Lipinski definition) is 4. The first-order valence-electron chi connectivity index (χ1n) is 11.4. The zero-order valence-corrected chi connectivity index (χ0v) is 21.7. The Balaban J connectivity index is 0.00000306. The maximum atomic E-state index is 6.13. The van der Waals surface area contributed by atoms with Crippen molar-refractivity contribution in [3.05, 3.63) is 71.4 Å². The van der Waals surface area contributed by atoms with E-state index in [4.69, 9.17) is 14.5 Å². The number of pyridine rings is 1. The van der Waals surface area contributed by atoms with Gasteiger partial charge >= 0.3 is 0 Å². The maximum absolute atomic E-state index is 6.13. The number of para-hydroxylation sites is 1. The van der Waals surface area contributed by atoms with Crippen molar-refractivity contribution >= 4 is 40.8 Å². The van der Waals surface area contributed by atoms with Crippen LogP contribution in [-0.2, 0) is 17.8 Å². The molecule has 0 saturated carbocycles. The molecule has 0 bridgehead atoms. The summed E-state index contributed by atoms with van der Waals surface area (Å²) in [4.78, 5) is 9.26. The summed E-state index contributed by atoms with van der Waals surface area (Å²) in [6.45, 7) is 7.58. The average molecular weight is 560 g/mol. The molecule has 2 heterocycles. The zero-order valence-electron chi connectivity index (χ0n) is 19.3. The number of aryl methyl sites for hydroxylation is 1. The van der Waals surface area contributed by atoms with Gasteiger partial charge in [-0.15, -0.1) is 24.0 Å². The van der Waals surface area contributed by atoms with E-state index in [-0.39, 0.29) is 30.1 Å². The molecule has 176 valence electrons. The summed E-state index contributed by atoms with van der Waals surface area (Å²) in [7, 11) is 0. The van der Waals surface area contributed by atoms with Crippen LogP contribution in [0.5, 0.6) is 5.75 Å². The van der Waals surface area contributed by atoms with Gasteiger partial charge < -0.3 is 20.1 Å². The van der Waals surface area contributed by atoms with E-state index in [0.29, 0.717) is 19.7 Å². The second-order valence-electron chi connectivity index (χ2n) is 8.09. The summed E-state index contributed by atoms with van der Waals surface area (Å²) >= 11 is 0. The molecule has 3 aromatic rings. The first-order valence-corrected chi connectivity index (χ1v) is 11.4. The summed E-state index contributed by atoms with van der Waals surface area (Å²) in [6.07, 6.45) is 4.23. The fourth-order valence-corrected chi connectivity index (χ4v) is 3.88. The van der Waals surface area contributed by atoms with Gasteiger partial charge in [-0.1, -0.05) is 30.3 Å². The molecule has 1 saturated heterocycles. The van der Waals surface area contributed by atoms with Gasteiger partial charge in [0.05, 0.1) is 18.2 Å². The molecule has 1 unspecified atom stereocenters. The molecule has 6 nitrogen and oxygen atoms in total. The number of nitrogens with one attached hydrogen (secondary N) is 2. The minimum Gasteiger partial charge on any atom is -0.491 e. The van der Waals surface area contributed by atoms with Crippen molar-refractivity contribution < 1.29 is 9.47 Å². The van der Waals surface area contributed by atoms with Crippen LogP contribution in [0.2, 0.25) is 0 Å². The van der Waals surface area contributed by atoms with Crippen LogP contribution in [0.15, 0.2) is 59.7 Å². The molecule has 0 radical (unpaired) electrons. The van der Waals surface area contributed by atoms with Gasteiger partial charge in [-0.25, -0.2) is 4.99 Å². The van der Waals surface area contributed by atoms with Gasteiger partial charge in [0.2, 0.25) is 0 Å². The minimum absolute atomic E-state index is 0. The van der Waals surface area contributed by atoms with Crippen molar-refractivity contribution in [2.75, 3.05) is 19.8 Å². The predicted octanol–water partition coefficient (Wildman–Crippen LogP) is 4.97.